The third-order valence-corrected chi connectivity index (χ3v) is 6.76. The molecule has 0 atom stereocenters. The lowest BCUT2D eigenvalue weighted by atomic mass is 10.1. The van der Waals surface area contributed by atoms with Gasteiger partial charge in [0, 0.05) is 50.2 Å². The average molecular weight is 411 g/mol. The third-order valence-electron chi connectivity index (χ3n) is 4.87. The van der Waals surface area contributed by atoms with Gasteiger partial charge in [0.05, 0.1) is 12.8 Å². The fourth-order valence-electron chi connectivity index (χ4n) is 3.25. The van der Waals surface area contributed by atoms with Gasteiger partial charge < -0.3 is 9.64 Å². The molecule has 1 saturated heterocycles. The molecule has 0 saturated carbocycles. The van der Waals surface area contributed by atoms with Crippen molar-refractivity contribution in [3.63, 3.8) is 0 Å². The summed E-state index contributed by atoms with van der Waals surface area (Å²) in [6.45, 7) is 1.88. The lowest BCUT2D eigenvalue weighted by Gasteiger charge is -2.34. The number of sulfonamides is 1. The van der Waals surface area contributed by atoms with Crippen LogP contribution in [0, 0.1) is 0 Å². The monoisotopic (exact) mass is 411 g/mol. The van der Waals surface area contributed by atoms with Crippen molar-refractivity contribution in [2.75, 3.05) is 38.2 Å². The number of benzene rings is 1. The standard InChI is InChI=1S/C20H21N5O3S/c1-28-17-6-4-16(5-7-17)19-13-20(23-15-22-19)24-9-11-25(12-10-24)29(26,27)18-3-2-8-21-14-18/h2-8,13-15H,9-12H2,1H3. The van der Waals surface area contributed by atoms with Crippen molar-refractivity contribution in [1.29, 1.82) is 0 Å². The molecule has 0 amide bonds. The van der Waals surface area contributed by atoms with E-state index in [1.807, 2.05) is 30.3 Å². The molecule has 0 bridgehead atoms. The van der Waals surface area contributed by atoms with Crippen molar-refractivity contribution < 1.29 is 13.2 Å². The van der Waals surface area contributed by atoms with Gasteiger partial charge in [0.2, 0.25) is 10.0 Å². The molecular weight excluding hydrogens is 390 g/mol. The molecule has 1 fully saturated rings. The van der Waals surface area contributed by atoms with E-state index in [2.05, 4.69) is 19.9 Å². The molecule has 2 aromatic heterocycles. The molecule has 1 aliphatic heterocycles. The van der Waals surface area contributed by atoms with E-state index in [1.165, 1.54) is 16.8 Å². The number of ether oxygens (including phenoxy) is 1. The summed E-state index contributed by atoms with van der Waals surface area (Å²) in [5, 5.41) is 0. The van der Waals surface area contributed by atoms with E-state index in [0.717, 1.165) is 22.8 Å². The van der Waals surface area contributed by atoms with Crippen molar-refractivity contribution in [3.05, 3.63) is 61.2 Å². The minimum Gasteiger partial charge on any atom is -0.497 e. The minimum atomic E-state index is -3.53. The maximum atomic E-state index is 12.8. The van der Waals surface area contributed by atoms with E-state index in [-0.39, 0.29) is 4.90 Å². The zero-order valence-electron chi connectivity index (χ0n) is 16.0. The number of aromatic nitrogens is 3. The quantitative estimate of drug-likeness (QED) is 0.635. The molecule has 0 spiro atoms. The zero-order valence-corrected chi connectivity index (χ0v) is 16.8. The molecule has 150 valence electrons. The largest absolute Gasteiger partial charge is 0.497 e. The number of hydrogen-bond acceptors (Lipinski definition) is 7. The molecule has 29 heavy (non-hydrogen) atoms. The maximum Gasteiger partial charge on any atom is 0.244 e. The van der Waals surface area contributed by atoms with Crippen molar-refractivity contribution in [1.82, 2.24) is 19.3 Å². The molecule has 3 heterocycles. The Labute approximate surface area is 169 Å². The van der Waals surface area contributed by atoms with Crippen LogP contribution in [0.5, 0.6) is 5.75 Å². The fraction of sp³-hybridized carbons (Fsp3) is 0.250. The van der Waals surface area contributed by atoms with Gasteiger partial charge in [-0.3, -0.25) is 4.98 Å². The summed E-state index contributed by atoms with van der Waals surface area (Å²) in [5.41, 5.74) is 1.77. The van der Waals surface area contributed by atoms with Crippen molar-refractivity contribution in [2.45, 2.75) is 4.90 Å². The first kappa shape index (κ1) is 19.3. The van der Waals surface area contributed by atoms with E-state index >= 15 is 0 Å². The highest BCUT2D eigenvalue weighted by atomic mass is 32.2. The number of nitrogens with zero attached hydrogens (tertiary/aromatic N) is 5. The third kappa shape index (κ3) is 4.06. The Hall–Kier alpha value is -3.04. The van der Waals surface area contributed by atoms with E-state index < -0.39 is 10.0 Å². The second kappa shape index (κ2) is 8.14. The molecule has 9 heteroatoms. The van der Waals surface area contributed by atoms with Gasteiger partial charge in [-0.1, -0.05) is 0 Å². The minimum absolute atomic E-state index is 0.220. The van der Waals surface area contributed by atoms with E-state index in [4.69, 9.17) is 4.74 Å². The first-order valence-electron chi connectivity index (χ1n) is 9.19. The Balaban J connectivity index is 1.47. The SMILES string of the molecule is COc1ccc(-c2cc(N3CCN(S(=O)(=O)c4cccnc4)CC3)ncn2)cc1. The number of methoxy groups -OCH3 is 1. The zero-order chi connectivity index (χ0) is 20.3. The molecule has 4 rings (SSSR count). The normalized spacial score (nSPS) is 15.3. The summed E-state index contributed by atoms with van der Waals surface area (Å²) in [4.78, 5) is 15.0. The number of pyridine rings is 1. The second-order valence-electron chi connectivity index (χ2n) is 6.57. The molecule has 1 aliphatic rings. The predicted molar refractivity (Wildman–Crippen MR) is 109 cm³/mol. The Morgan fingerprint density at radius 2 is 1.76 bits per heavy atom. The molecule has 1 aromatic carbocycles. The Morgan fingerprint density at radius 1 is 1.00 bits per heavy atom. The Morgan fingerprint density at radius 3 is 2.41 bits per heavy atom. The highest BCUT2D eigenvalue weighted by molar-refractivity contribution is 7.89. The molecule has 8 nitrogen and oxygen atoms in total. The van der Waals surface area contributed by atoms with Crippen LogP contribution >= 0.6 is 0 Å². The fourth-order valence-corrected chi connectivity index (χ4v) is 4.63. The molecule has 0 N–H and O–H groups in total. The molecule has 3 aromatic rings. The Bertz CT molecular complexity index is 1070. The van der Waals surface area contributed by atoms with Crippen LogP contribution in [0.3, 0.4) is 0 Å². The Kier molecular flexibility index (Phi) is 5.41. The number of piperazine rings is 1. The van der Waals surface area contributed by atoms with Crippen molar-refractivity contribution >= 4 is 15.8 Å². The van der Waals surface area contributed by atoms with Gasteiger partial charge in [0.25, 0.3) is 0 Å². The lowest BCUT2D eigenvalue weighted by molar-refractivity contribution is 0.383. The summed E-state index contributed by atoms with van der Waals surface area (Å²) in [6, 6.07) is 12.8. The van der Waals surface area contributed by atoms with Gasteiger partial charge in [0.1, 0.15) is 22.8 Å². The van der Waals surface area contributed by atoms with Gasteiger partial charge in [-0.25, -0.2) is 18.4 Å². The van der Waals surface area contributed by atoms with E-state index in [1.54, 1.807) is 25.4 Å². The summed E-state index contributed by atoms with van der Waals surface area (Å²) in [7, 11) is -1.89. The van der Waals surface area contributed by atoms with Crippen LogP contribution in [0.25, 0.3) is 11.3 Å². The predicted octanol–water partition coefficient (Wildman–Crippen LogP) is 2.06. The highest BCUT2D eigenvalue weighted by Crippen LogP contribution is 2.24. The molecule has 0 radical (unpaired) electrons. The summed E-state index contributed by atoms with van der Waals surface area (Å²) < 4.78 is 32.2. The van der Waals surface area contributed by atoms with Crippen molar-refractivity contribution in [3.8, 4) is 17.0 Å². The van der Waals surface area contributed by atoms with Gasteiger partial charge >= 0.3 is 0 Å². The molecular formula is C20H21N5O3S. The summed E-state index contributed by atoms with van der Waals surface area (Å²) >= 11 is 0. The van der Waals surface area contributed by atoms with E-state index in [9.17, 15) is 8.42 Å². The van der Waals surface area contributed by atoms with Crippen LogP contribution in [0.15, 0.2) is 66.1 Å². The smallest absolute Gasteiger partial charge is 0.244 e. The average Bonchev–Trinajstić information content (AvgIpc) is 2.80. The number of anilines is 1. The van der Waals surface area contributed by atoms with E-state index in [0.29, 0.717) is 26.2 Å². The van der Waals surface area contributed by atoms with Crippen LogP contribution in [0.1, 0.15) is 0 Å². The first-order chi connectivity index (χ1) is 14.1. The highest BCUT2D eigenvalue weighted by Gasteiger charge is 2.29. The van der Waals surface area contributed by atoms with Crippen LogP contribution in [-0.2, 0) is 10.0 Å². The van der Waals surface area contributed by atoms with Crippen LogP contribution in [0.4, 0.5) is 5.82 Å². The topological polar surface area (TPSA) is 88.5 Å². The van der Waals surface area contributed by atoms with Gasteiger partial charge in [-0.05, 0) is 36.4 Å². The van der Waals surface area contributed by atoms with Gasteiger partial charge in [-0.15, -0.1) is 0 Å². The first-order valence-corrected chi connectivity index (χ1v) is 10.6. The van der Waals surface area contributed by atoms with Gasteiger partial charge in [0.15, 0.2) is 0 Å². The van der Waals surface area contributed by atoms with Crippen LogP contribution < -0.4 is 9.64 Å². The van der Waals surface area contributed by atoms with Crippen molar-refractivity contribution in [2.24, 2.45) is 0 Å². The summed E-state index contributed by atoms with van der Waals surface area (Å²) in [5.74, 6) is 1.57. The number of hydrogen-bond donors (Lipinski definition) is 0. The lowest BCUT2D eigenvalue weighted by Crippen LogP contribution is -2.48. The molecule has 0 aliphatic carbocycles. The summed E-state index contributed by atoms with van der Waals surface area (Å²) in [6.07, 6.45) is 4.48. The van der Waals surface area contributed by atoms with Gasteiger partial charge in [-0.2, -0.15) is 4.31 Å². The second-order valence-corrected chi connectivity index (χ2v) is 8.51. The molecule has 0 unspecified atom stereocenters. The van der Waals surface area contributed by atoms with Crippen LogP contribution in [0.2, 0.25) is 0 Å². The maximum absolute atomic E-state index is 12.8. The number of rotatable bonds is 5. The van der Waals surface area contributed by atoms with Crippen LogP contribution in [-0.4, -0.2) is 61.0 Å².